The molecule has 4 aliphatic carbocycles. The van der Waals surface area contributed by atoms with Gasteiger partial charge < -0.3 is 98.4 Å². The maximum absolute atomic E-state index is 11.8. The molecule has 30 atom stereocenters. The molecule has 0 aromatic carbocycles. The van der Waals surface area contributed by atoms with Crippen molar-refractivity contribution in [2.45, 2.75) is 234 Å². The van der Waals surface area contributed by atoms with E-state index in [2.05, 4.69) is 33.4 Å². The Labute approximate surface area is 408 Å². The lowest BCUT2D eigenvalue weighted by Crippen LogP contribution is -2.66. The first-order valence-electron chi connectivity index (χ1n) is 25.8. The lowest BCUT2D eigenvalue weighted by Gasteiger charge is -2.61. The number of allylic oxidation sites excluding steroid dienone is 1. The summed E-state index contributed by atoms with van der Waals surface area (Å²) in [5, 5.41) is 109. The van der Waals surface area contributed by atoms with E-state index in [1.54, 1.807) is 13.8 Å². The van der Waals surface area contributed by atoms with Crippen molar-refractivity contribution in [2.75, 3.05) is 13.2 Å². The summed E-state index contributed by atoms with van der Waals surface area (Å²) in [6.07, 6.45) is -20.7. The largest absolute Gasteiger partial charge is 0.388 e. The van der Waals surface area contributed by atoms with E-state index >= 15 is 0 Å². The zero-order chi connectivity index (χ0) is 50.1. The summed E-state index contributed by atoms with van der Waals surface area (Å²) in [4.78, 5) is 0. The minimum atomic E-state index is -1.79. The van der Waals surface area contributed by atoms with Gasteiger partial charge in [0.15, 0.2) is 30.9 Å². The van der Waals surface area contributed by atoms with Crippen molar-refractivity contribution in [3.8, 4) is 0 Å². The summed E-state index contributed by atoms with van der Waals surface area (Å²) >= 11 is 0. The Morgan fingerprint density at radius 3 is 1.91 bits per heavy atom. The van der Waals surface area contributed by atoms with Crippen LogP contribution in [-0.4, -0.2) is 205 Å². The van der Waals surface area contributed by atoms with Crippen molar-refractivity contribution in [1.82, 2.24) is 0 Å². The number of aliphatic hydroxyl groups is 10. The fraction of sp³-hybridized carbons (Fsp3) is 0.920. The van der Waals surface area contributed by atoms with Crippen molar-refractivity contribution in [3.63, 3.8) is 0 Å². The van der Waals surface area contributed by atoms with Crippen LogP contribution in [0.3, 0.4) is 0 Å². The quantitative estimate of drug-likeness (QED) is 0.139. The summed E-state index contributed by atoms with van der Waals surface area (Å²) in [6.45, 7) is 15.9. The minimum absolute atomic E-state index is 0.0332. The molecule has 0 aromatic heterocycles. The molecule has 0 amide bonds. The average molecular weight is 999 g/mol. The molecule has 1 spiro atoms. The Balaban J connectivity index is 0.988. The van der Waals surface area contributed by atoms with E-state index in [9.17, 15) is 51.1 Å². The third-order valence-corrected chi connectivity index (χ3v) is 19.2. The molecule has 20 heteroatoms. The van der Waals surface area contributed by atoms with Gasteiger partial charge in [0, 0.05) is 24.2 Å². The molecule has 10 N–H and O–H groups in total. The predicted molar refractivity (Wildman–Crippen MR) is 239 cm³/mol. The molecule has 398 valence electrons. The molecule has 0 radical (unpaired) electrons. The molecule has 20 nitrogen and oxygen atoms in total. The van der Waals surface area contributed by atoms with Gasteiger partial charge in [-0.15, -0.1) is 0 Å². The van der Waals surface area contributed by atoms with Crippen LogP contribution in [0.4, 0.5) is 0 Å². The highest BCUT2D eigenvalue weighted by molar-refractivity contribution is 5.29. The molecule has 0 bridgehead atoms. The SMILES string of the molecule is C=C1CC[C@@]2(OC1)O[C@H]1CC3C4CC=C5C[C@@H](O[C@@H]6O[C@@H](C)[C@H](O)[C@@H](O)[C@H]6O)C[C@@H](O[C@@H]6O[C@H](C)[C@@H](O)[C@H](O[C@@H]7OC[C@@H](O)[C@H](O)[C@H]7O)[C@H]6O[C@@H]6O[C@@H](C)[C@H](O)[C@@H](O)[C@H]6O)[C@]5(C)C4CC[C@]3(C)[C@H]1[C@@H]2C. The normalized spacial score (nSPS) is 58.0. The smallest absolute Gasteiger partial charge is 0.187 e. The molecule has 10 rings (SSSR count). The monoisotopic (exact) mass is 999 g/mol. The van der Waals surface area contributed by atoms with Gasteiger partial charge in [0.1, 0.15) is 73.2 Å². The fourth-order valence-electron chi connectivity index (χ4n) is 15.0. The second-order valence-corrected chi connectivity index (χ2v) is 23.1. The highest BCUT2D eigenvalue weighted by atomic mass is 16.8. The Morgan fingerprint density at radius 2 is 1.26 bits per heavy atom. The van der Waals surface area contributed by atoms with Gasteiger partial charge in [0.05, 0.1) is 49.8 Å². The summed E-state index contributed by atoms with van der Waals surface area (Å²) < 4.78 is 64.1. The van der Waals surface area contributed by atoms with E-state index in [4.69, 9.17) is 47.4 Å². The summed E-state index contributed by atoms with van der Waals surface area (Å²) in [5.74, 6) is 0.485. The minimum Gasteiger partial charge on any atom is -0.388 e. The molecule has 10 aliphatic rings. The van der Waals surface area contributed by atoms with E-state index in [1.165, 1.54) is 6.92 Å². The molecule has 6 heterocycles. The molecular weight excluding hydrogens is 921 g/mol. The second-order valence-electron chi connectivity index (χ2n) is 23.1. The number of rotatable bonds is 8. The van der Waals surface area contributed by atoms with Gasteiger partial charge in [-0.3, -0.25) is 0 Å². The maximum atomic E-state index is 11.8. The summed E-state index contributed by atoms with van der Waals surface area (Å²) in [7, 11) is 0. The molecule has 6 saturated heterocycles. The highest BCUT2D eigenvalue weighted by Crippen LogP contribution is 2.71. The molecule has 0 aromatic rings. The Bertz CT molecular complexity index is 1920. The lowest BCUT2D eigenvalue weighted by molar-refractivity contribution is -0.391. The van der Waals surface area contributed by atoms with Crippen LogP contribution in [0.5, 0.6) is 0 Å². The van der Waals surface area contributed by atoms with Crippen LogP contribution in [0.2, 0.25) is 0 Å². The van der Waals surface area contributed by atoms with E-state index in [0.29, 0.717) is 24.9 Å². The molecule has 6 aliphatic heterocycles. The van der Waals surface area contributed by atoms with Crippen molar-refractivity contribution in [2.24, 2.45) is 40.4 Å². The summed E-state index contributed by atoms with van der Waals surface area (Å²) in [5.41, 5.74) is 1.43. The number of hydrogen-bond acceptors (Lipinski definition) is 20. The first-order valence-corrected chi connectivity index (χ1v) is 25.8. The first kappa shape index (κ1) is 52.1. The van der Waals surface area contributed by atoms with Crippen LogP contribution in [0.1, 0.15) is 92.9 Å². The zero-order valence-corrected chi connectivity index (χ0v) is 41.0. The Kier molecular flexibility index (Phi) is 14.4. The van der Waals surface area contributed by atoms with Crippen molar-refractivity contribution >= 4 is 0 Å². The lowest BCUT2D eigenvalue weighted by atomic mass is 9.46. The van der Waals surface area contributed by atoms with Gasteiger partial charge in [0.2, 0.25) is 0 Å². The standard InChI is InChI=1S/C50H78O20/c1-19-10-13-50(62-17-19)20(2)32-30(70-50)16-28-26-9-8-24-14-25(66-45-40(59)37(56)33(52)21(3)63-45)15-31(49(24,7)27(26)11-12-48(28,32)6)67-47-43(69-46-41(60)38(57)34(53)22(4)64-46)42(35(54)23(5)65-47)68-44-39(58)36(55)29(51)18-61-44/h8,20-23,25-47,51-60H,1,9-18H2,2-7H3/t20-,21-,22-,23+,25+,26?,27?,28?,29+,30-,31+,32-,33-,34-,35+,36-,37+,38+,39+,40+,41+,42-,43+,44-,45-,46-,47-,48-,49-,50+/m0/s1. The molecule has 3 saturated carbocycles. The summed E-state index contributed by atoms with van der Waals surface area (Å²) in [6, 6.07) is 0. The molecule has 9 fully saturated rings. The van der Waals surface area contributed by atoms with Gasteiger partial charge in [-0.2, -0.15) is 0 Å². The Hall–Kier alpha value is -1.32. The molecule has 70 heavy (non-hydrogen) atoms. The van der Waals surface area contributed by atoms with E-state index in [0.717, 1.165) is 49.7 Å². The first-order chi connectivity index (χ1) is 33.1. The van der Waals surface area contributed by atoms with Crippen molar-refractivity contribution in [1.29, 1.82) is 0 Å². The third-order valence-electron chi connectivity index (χ3n) is 19.2. The van der Waals surface area contributed by atoms with Crippen LogP contribution in [0, 0.1) is 40.4 Å². The van der Waals surface area contributed by atoms with Crippen LogP contribution < -0.4 is 0 Å². The van der Waals surface area contributed by atoms with Gasteiger partial charge in [-0.25, -0.2) is 0 Å². The predicted octanol–water partition coefficient (Wildman–Crippen LogP) is -0.376. The van der Waals surface area contributed by atoms with E-state index in [-0.39, 0.29) is 35.7 Å². The second kappa shape index (κ2) is 19.4. The van der Waals surface area contributed by atoms with Gasteiger partial charge in [-0.05, 0) is 88.4 Å². The van der Waals surface area contributed by atoms with Crippen LogP contribution in [-0.2, 0) is 47.4 Å². The van der Waals surface area contributed by atoms with Crippen LogP contribution in [0.25, 0.3) is 0 Å². The number of aliphatic hydroxyl groups excluding tert-OH is 10. The van der Waals surface area contributed by atoms with Crippen molar-refractivity contribution in [3.05, 3.63) is 23.8 Å². The van der Waals surface area contributed by atoms with E-state index in [1.807, 2.05) is 0 Å². The third kappa shape index (κ3) is 8.53. The topological polar surface area (TPSA) is 295 Å². The van der Waals surface area contributed by atoms with Gasteiger partial charge in [-0.1, -0.05) is 44.6 Å². The number of ether oxygens (including phenoxy) is 10. The number of fused-ring (bicyclic) bond motifs is 7. The van der Waals surface area contributed by atoms with E-state index < -0.39 is 147 Å². The van der Waals surface area contributed by atoms with Gasteiger partial charge >= 0.3 is 0 Å². The molecule has 3 unspecified atom stereocenters. The Morgan fingerprint density at radius 1 is 0.643 bits per heavy atom. The average Bonchev–Trinajstić information content (AvgIpc) is 3.78. The highest BCUT2D eigenvalue weighted by Gasteiger charge is 2.70. The van der Waals surface area contributed by atoms with Crippen molar-refractivity contribution < 1.29 is 98.4 Å². The molecular formula is C50H78O20. The van der Waals surface area contributed by atoms with Gasteiger partial charge in [0.25, 0.3) is 0 Å². The zero-order valence-electron chi connectivity index (χ0n) is 41.0. The maximum Gasteiger partial charge on any atom is 0.187 e. The number of hydrogen-bond donors (Lipinski definition) is 10. The van der Waals surface area contributed by atoms with Crippen LogP contribution >= 0.6 is 0 Å². The van der Waals surface area contributed by atoms with Crippen LogP contribution in [0.15, 0.2) is 23.8 Å². The fourth-order valence-corrected chi connectivity index (χ4v) is 15.0.